The van der Waals surface area contributed by atoms with Gasteiger partial charge in [0.05, 0.1) is 5.56 Å². The number of rotatable bonds is 8. The Labute approximate surface area is 171 Å². The van der Waals surface area contributed by atoms with Gasteiger partial charge >= 0.3 is 0 Å². The fourth-order valence-corrected chi connectivity index (χ4v) is 3.12. The Kier molecular flexibility index (Phi) is 7.78. The van der Waals surface area contributed by atoms with Crippen LogP contribution in [0.3, 0.4) is 0 Å². The maximum Gasteiger partial charge on any atom is 0.255 e. The largest absolute Gasteiger partial charge is 0.594 e. The number of benzene rings is 2. The first-order chi connectivity index (χ1) is 13.9. The summed E-state index contributed by atoms with van der Waals surface area (Å²) in [6.45, 7) is 7.90. The highest BCUT2D eigenvalue weighted by molar-refractivity contribution is 5.83. The molecule has 0 saturated carbocycles. The average molecular weight is 390 g/mol. The standard InChI is InChI=1S/C24H26N2O3/c1-5-7-17(3)19-9-11-23(21(13-19)15-27)25-26(29)24-12-10-20(14-22(24)16-28)18(4)8-6-2/h5-18H,1-4H3/b7-5+,8-6+,26-25?. The molecule has 150 valence electrons. The van der Waals surface area contributed by atoms with Crippen LogP contribution in [0.2, 0.25) is 0 Å². The molecular weight excluding hydrogens is 364 g/mol. The molecule has 2 unspecified atom stereocenters. The van der Waals surface area contributed by atoms with Gasteiger partial charge in [-0.2, -0.15) is 0 Å². The van der Waals surface area contributed by atoms with Gasteiger partial charge in [-0.1, -0.05) is 50.3 Å². The summed E-state index contributed by atoms with van der Waals surface area (Å²) in [5, 5.41) is 16.7. The minimum Gasteiger partial charge on any atom is -0.594 e. The minimum atomic E-state index is 0.123. The quantitative estimate of drug-likeness (QED) is 0.168. The SMILES string of the molecule is C/C=C/C(C)c1ccc(N=[N+]([O-])c2ccc(C(C)/C=C/C)cc2C=O)c(C=O)c1. The lowest BCUT2D eigenvalue weighted by Gasteiger charge is -2.10. The molecule has 2 aromatic rings. The van der Waals surface area contributed by atoms with Crippen LogP contribution in [0.4, 0.5) is 11.4 Å². The van der Waals surface area contributed by atoms with E-state index in [0.717, 1.165) is 11.1 Å². The molecular formula is C24H26N2O3. The third-order valence-electron chi connectivity index (χ3n) is 4.78. The molecule has 0 heterocycles. The third kappa shape index (κ3) is 5.35. The fourth-order valence-electron chi connectivity index (χ4n) is 3.12. The lowest BCUT2D eigenvalue weighted by Crippen LogP contribution is -1.99. The molecule has 0 aliphatic heterocycles. The van der Waals surface area contributed by atoms with Crippen molar-refractivity contribution in [3.8, 4) is 0 Å². The molecule has 0 fully saturated rings. The van der Waals surface area contributed by atoms with Crippen LogP contribution in [0.1, 0.15) is 71.4 Å². The summed E-state index contributed by atoms with van der Waals surface area (Å²) in [6, 6.07) is 10.3. The van der Waals surface area contributed by atoms with E-state index in [1.165, 1.54) is 0 Å². The second-order valence-corrected chi connectivity index (χ2v) is 6.87. The molecule has 0 radical (unpaired) electrons. The summed E-state index contributed by atoms with van der Waals surface area (Å²) < 4.78 is 0. The van der Waals surface area contributed by atoms with Crippen molar-refractivity contribution in [3.63, 3.8) is 0 Å². The highest BCUT2D eigenvalue weighted by Crippen LogP contribution is 2.28. The van der Waals surface area contributed by atoms with Crippen LogP contribution in [-0.2, 0) is 0 Å². The van der Waals surface area contributed by atoms with Crippen LogP contribution in [0.5, 0.6) is 0 Å². The van der Waals surface area contributed by atoms with Gasteiger partial charge in [-0.25, -0.2) is 0 Å². The van der Waals surface area contributed by atoms with Gasteiger partial charge in [-0.3, -0.25) is 9.59 Å². The molecule has 5 nitrogen and oxygen atoms in total. The van der Waals surface area contributed by atoms with E-state index in [-0.39, 0.29) is 28.8 Å². The Morgan fingerprint density at radius 2 is 1.38 bits per heavy atom. The van der Waals surface area contributed by atoms with Crippen LogP contribution in [0.15, 0.2) is 65.8 Å². The van der Waals surface area contributed by atoms with Gasteiger partial charge < -0.3 is 5.21 Å². The van der Waals surface area contributed by atoms with E-state index in [1.807, 2.05) is 58.1 Å². The highest BCUT2D eigenvalue weighted by atomic mass is 16.5. The van der Waals surface area contributed by atoms with E-state index >= 15 is 0 Å². The topological polar surface area (TPSA) is 72.6 Å². The molecule has 0 saturated heterocycles. The maximum absolute atomic E-state index is 12.6. The molecule has 2 rings (SSSR count). The molecule has 29 heavy (non-hydrogen) atoms. The van der Waals surface area contributed by atoms with Gasteiger partial charge in [-0.15, -0.1) is 0 Å². The van der Waals surface area contributed by atoms with Crippen LogP contribution < -0.4 is 0 Å². The van der Waals surface area contributed by atoms with Crippen molar-refractivity contribution in [2.45, 2.75) is 39.5 Å². The van der Waals surface area contributed by atoms with Crippen LogP contribution in [0, 0.1) is 5.21 Å². The van der Waals surface area contributed by atoms with Crippen molar-refractivity contribution >= 4 is 23.9 Å². The number of hydrogen-bond donors (Lipinski definition) is 0. The number of nitrogens with zero attached hydrogens (tertiary/aromatic N) is 2. The number of hydrogen-bond acceptors (Lipinski definition) is 4. The molecule has 2 atom stereocenters. The van der Waals surface area contributed by atoms with Crippen molar-refractivity contribution in [1.29, 1.82) is 0 Å². The third-order valence-corrected chi connectivity index (χ3v) is 4.78. The van der Waals surface area contributed by atoms with E-state index in [9.17, 15) is 14.8 Å². The summed E-state index contributed by atoms with van der Waals surface area (Å²) in [4.78, 5) is 23.4. The van der Waals surface area contributed by atoms with Crippen LogP contribution in [-0.4, -0.2) is 17.4 Å². The normalized spacial score (nSPS) is 14.3. The van der Waals surface area contributed by atoms with E-state index in [2.05, 4.69) is 5.11 Å². The molecule has 0 amide bonds. The molecule has 0 aromatic heterocycles. The average Bonchev–Trinajstić information content (AvgIpc) is 2.73. The Hall–Kier alpha value is -3.34. The first kappa shape index (κ1) is 22.0. The zero-order chi connectivity index (χ0) is 21.4. The summed E-state index contributed by atoms with van der Waals surface area (Å²) in [7, 11) is 0. The molecule has 5 heteroatoms. The van der Waals surface area contributed by atoms with Gasteiger partial charge in [-0.05, 0) is 59.9 Å². The predicted molar refractivity (Wildman–Crippen MR) is 115 cm³/mol. The molecule has 2 aromatic carbocycles. The van der Waals surface area contributed by atoms with E-state index < -0.39 is 0 Å². The van der Waals surface area contributed by atoms with Crippen molar-refractivity contribution < 1.29 is 14.4 Å². The van der Waals surface area contributed by atoms with E-state index in [0.29, 0.717) is 23.0 Å². The van der Waals surface area contributed by atoms with E-state index in [1.54, 1.807) is 30.3 Å². The fraction of sp³-hybridized carbons (Fsp3) is 0.250. The maximum atomic E-state index is 12.6. The Morgan fingerprint density at radius 1 is 0.862 bits per heavy atom. The summed E-state index contributed by atoms with van der Waals surface area (Å²) >= 11 is 0. The van der Waals surface area contributed by atoms with E-state index in [4.69, 9.17) is 0 Å². The first-order valence-corrected chi connectivity index (χ1v) is 9.57. The Morgan fingerprint density at radius 3 is 1.90 bits per heavy atom. The molecule has 0 aliphatic rings. The zero-order valence-electron chi connectivity index (χ0n) is 17.2. The second-order valence-electron chi connectivity index (χ2n) is 6.87. The Bertz CT molecular complexity index is 974. The number of allylic oxidation sites excluding steroid dienone is 4. The molecule has 0 spiro atoms. The molecule has 0 aliphatic carbocycles. The van der Waals surface area contributed by atoms with Gasteiger partial charge in [0.2, 0.25) is 0 Å². The van der Waals surface area contributed by atoms with Crippen molar-refractivity contribution in [2.75, 3.05) is 0 Å². The smallest absolute Gasteiger partial charge is 0.255 e. The molecule has 0 N–H and O–H groups in total. The lowest BCUT2D eigenvalue weighted by molar-refractivity contribution is -0.435. The van der Waals surface area contributed by atoms with Gasteiger partial charge in [0.15, 0.2) is 12.6 Å². The minimum absolute atomic E-state index is 0.123. The summed E-state index contributed by atoms with van der Waals surface area (Å²) in [6.07, 6.45) is 9.24. The lowest BCUT2D eigenvalue weighted by atomic mass is 9.98. The first-order valence-electron chi connectivity index (χ1n) is 9.57. The predicted octanol–water partition coefficient (Wildman–Crippen LogP) is 6.60. The zero-order valence-corrected chi connectivity index (χ0v) is 17.2. The van der Waals surface area contributed by atoms with Crippen molar-refractivity contribution in [2.24, 2.45) is 5.11 Å². The van der Waals surface area contributed by atoms with Crippen LogP contribution >= 0.6 is 0 Å². The summed E-state index contributed by atoms with van der Waals surface area (Å²) in [5.74, 6) is 0.266. The summed E-state index contributed by atoms with van der Waals surface area (Å²) in [5.41, 5.74) is 2.86. The Balaban J connectivity index is 2.45. The van der Waals surface area contributed by atoms with Gasteiger partial charge in [0.1, 0.15) is 5.69 Å². The number of carbonyl (C=O) groups is 2. The highest BCUT2D eigenvalue weighted by Gasteiger charge is 2.16. The van der Waals surface area contributed by atoms with Crippen molar-refractivity contribution in [1.82, 2.24) is 0 Å². The monoisotopic (exact) mass is 390 g/mol. The number of carbonyl (C=O) groups excluding carboxylic acids is 2. The van der Waals surface area contributed by atoms with Gasteiger partial charge in [0, 0.05) is 16.7 Å². The second kappa shape index (κ2) is 10.3. The van der Waals surface area contributed by atoms with Crippen molar-refractivity contribution in [3.05, 3.63) is 88.2 Å². The molecule has 0 bridgehead atoms. The van der Waals surface area contributed by atoms with Gasteiger partial charge in [0.25, 0.3) is 5.69 Å². The van der Waals surface area contributed by atoms with Crippen LogP contribution in [0.25, 0.3) is 0 Å². The number of aldehydes is 2. The number of azo groups is 1.